The van der Waals surface area contributed by atoms with Crippen molar-refractivity contribution in [2.24, 2.45) is 0 Å². The number of hydrogen-bond donors (Lipinski definition) is 1. The van der Waals surface area contributed by atoms with Crippen LogP contribution in [0.2, 0.25) is 0 Å². The Morgan fingerprint density at radius 3 is 1.55 bits per heavy atom. The van der Waals surface area contributed by atoms with E-state index in [4.69, 9.17) is 0 Å². The van der Waals surface area contributed by atoms with E-state index >= 15 is 0 Å². The van der Waals surface area contributed by atoms with Gasteiger partial charge in [-0.15, -0.1) is 0 Å². The fraction of sp³-hybridized carbons (Fsp3) is 0.118. The van der Waals surface area contributed by atoms with Crippen molar-refractivity contribution in [3.05, 3.63) is 60.9 Å². The van der Waals surface area contributed by atoms with E-state index in [9.17, 15) is 4.79 Å². The molecular formula is C17H22N4O. The molecule has 0 bridgehead atoms. The Morgan fingerprint density at radius 1 is 0.909 bits per heavy atom. The number of aromatic nitrogens is 2. The molecule has 0 saturated carbocycles. The minimum atomic E-state index is 0. The first-order chi connectivity index (χ1) is 10.1. The lowest BCUT2D eigenvalue weighted by atomic mass is 10.2. The molecule has 0 aliphatic heterocycles. The molecule has 5 nitrogen and oxygen atoms in total. The first-order valence-corrected chi connectivity index (χ1v) is 6.41. The Bertz CT molecular complexity index is 574. The summed E-state index contributed by atoms with van der Waals surface area (Å²) in [6.45, 7) is 7.40. The number of hydrogen-bond acceptors (Lipinski definition) is 4. The fourth-order valence-electron chi connectivity index (χ4n) is 1.42. The molecule has 116 valence electrons. The van der Waals surface area contributed by atoms with Crippen LogP contribution < -0.4 is 6.15 Å². The van der Waals surface area contributed by atoms with E-state index < -0.39 is 0 Å². The molecule has 2 aromatic heterocycles. The molecule has 0 aromatic carbocycles. The zero-order valence-electron chi connectivity index (χ0n) is 13.1. The molecule has 0 fully saturated rings. The normalized spacial score (nSPS) is 8.64. The summed E-state index contributed by atoms with van der Waals surface area (Å²) in [7, 11) is 3.38. The first kappa shape index (κ1) is 19.2. The van der Waals surface area contributed by atoms with Crippen LogP contribution in [-0.4, -0.2) is 35.4 Å². The smallest absolute Gasteiger partial charge is 0.209 e. The lowest BCUT2D eigenvalue weighted by Crippen LogP contribution is -2.06. The van der Waals surface area contributed by atoms with Gasteiger partial charge in [0.2, 0.25) is 6.41 Å². The number of carbonyl (C=O) groups excluding carboxylic acids is 1. The van der Waals surface area contributed by atoms with Crippen LogP contribution in [0.5, 0.6) is 0 Å². The number of pyridine rings is 2. The molecule has 1 amide bonds. The standard InChI is InChI=1S/C14H12N2.C3H7NO.H3N/c1-3-11-7-5-9-13(15-11)14-10-6-8-12(4-2)16-14;1-4(2)3-5;/h3-10H,1-2H2;3H,1-2H3;1H3. The van der Waals surface area contributed by atoms with Crippen molar-refractivity contribution in [1.82, 2.24) is 21.0 Å². The average Bonchev–Trinajstić information content (AvgIpc) is 2.55. The highest BCUT2D eigenvalue weighted by molar-refractivity contribution is 5.58. The summed E-state index contributed by atoms with van der Waals surface area (Å²) in [5, 5.41) is 0. The van der Waals surface area contributed by atoms with Gasteiger partial charge in [-0.1, -0.05) is 25.3 Å². The van der Waals surface area contributed by atoms with Gasteiger partial charge in [-0.3, -0.25) is 4.79 Å². The maximum absolute atomic E-state index is 9.43. The van der Waals surface area contributed by atoms with E-state index in [-0.39, 0.29) is 6.15 Å². The highest BCUT2D eigenvalue weighted by atomic mass is 16.1. The molecular weight excluding hydrogens is 276 g/mol. The van der Waals surface area contributed by atoms with Gasteiger partial charge in [-0.25, -0.2) is 9.97 Å². The highest BCUT2D eigenvalue weighted by Crippen LogP contribution is 2.15. The Hall–Kier alpha value is -2.79. The topological polar surface area (TPSA) is 81.1 Å². The van der Waals surface area contributed by atoms with Crippen molar-refractivity contribution >= 4 is 18.6 Å². The molecule has 0 unspecified atom stereocenters. The molecule has 2 rings (SSSR count). The molecule has 0 aliphatic rings. The predicted octanol–water partition coefficient (Wildman–Crippen LogP) is 3.30. The van der Waals surface area contributed by atoms with Crippen molar-refractivity contribution in [1.29, 1.82) is 0 Å². The van der Waals surface area contributed by atoms with E-state index in [1.807, 2.05) is 36.4 Å². The maximum atomic E-state index is 9.43. The van der Waals surface area contributed by atoms with E-state index in [2.05, 4.69) is 23.1 Å². The summed E-state index contributed by atoms with van der Waals surface area (Å²) in [5.41, 5.74) is 3.40. The lowest BCUT2D eigenvalue weighted by molar-refractivity contribution is -0.115. The molecule has 0 saturated heterocycles. The second-order valence-corrected chi connectivity index (χ2v) is 4.37. The molecule has 0 atom stereocenters. The third-order valence-corrected chi connectivity index (χ3v) is 2.43. The molecule has 2 heterocycles. The average molecular weight is 298 g/mol. The number of nitrogens with zero attached hydrogens (tertiary/aromatic N) is 3. The molecule has 5 heteroatoms. The van der Waals surface area contributed by atoms with Crippen LogP contribution in [0.3, 0.4) is 0 Å². The SMILES string of the molecule is C=Cc1cccc(-c2cccc(C=C)n2)n1.CN(C)C=O.N. The van der Waals surface area contributed by atoms with Crippen LogP contribution >= 0.6 is 0 Å². The van der Waals surface area contributed by atoms with E-state index in [1.54, 1.807) is 26.2 Å². The van der Waals surface area contributed by atoms with Crippen LogP contribution in [0, 0.1) is 0 Å². The monoisotopic (exact) mass is 298 g/mol. The van der Waals surface area contributed by atoms with Gasteiger partial charge in [0, 0.05) is 14.1 Å². The Labute approximate surface area is 131 Å². The Balaban J connectivity index is 0.000000644. The number of rotatable bonds is 4. The van der Waals surface area contributed by atoms with Crippen molar-refractivity contribution in [3.63, 3.8) is 0 Å². The van der Waals surface area contributed by atoms with Crippen LogP contribution in [0.25, 0.3) is 23.5 Å². The highest BCUT2D eigenvalue weighted by Gasteiger charge is 2.01. The van der Waals surface area contributed by atoms with Crippen molar-refractivity contribution in [2.75, 3.05) is 14.1 Å². The second kappa shape index (κ2) is 10.0. The van der Waals surface area contributed by atoms with Crippen LogP contribution in [0.4, 0.5) is 0 Å². The summed E-state index contributed by atoms with van der Waals surface area (Å²) < 4.78 is 0. The fourth-order valence-corrected chi connectivity index (χ4v) is 1.42. The van der Waals surface area contributed by atoms with Crippen molar-refractivity contribution in [2.45, 2.75) is 0 Å². The summed E-state index contributed by atoms with van der Waals surface area (Å²) in [5.74, 6) is 0. The van der Waals surface area contributed by atoms with Gasteiger partial charge in [0.1, 0.15) is 0 Å². The quantitative estimate of drug-likeness (QED) is 0.878. The van der Waals surface area contributed by atoms with Crippen molar-refractivity contribution < 1.29 is 4.79 Å². The summed E-state index contributed by atoms with van der Waals surface area (Å²) in [6.07, 6.45) is 4.20. The summed E-state index contributed by atoms with van der Waals surface area (Å²) >= 11 is 0. The summed E-state index contributed by atoms with van der Waals surface area (Å²) in [6, 6.07) is 11.6. The third-order valence-electron chi connectivity index (χ3n) is 2.43. The number of carbonyl (C=O) groups is 1. The van der Waals surface area contributed by atoms with Gasteiger partial charge in [-0.05, 0) is 36.4 Å². The molecule has 0 aliphatic carbocycles. The largest absolute Gasteiger partial charge is 0.351 e. The van der Waals surface area contributed by atoms with Crippen LogP contribution in [0.1, 0.15) is 11.4 Å². The predicted molar refractivity (Wildman–Crippen MR) is 92.4 cm³/mol. The van der Waals surface area contributed by atoms with Crippen molar-refractivity contribution in [3.8, 4) is 11.4 Å². The minimum absolute atomic E-state index is 0. The van der Waals surface area contributed by atoms with Gasteiger partial charge in [0.15, 0.2) is 0 Å². The molecule has 22 heavy (non-hydrogen) atoms. The zero-order valence-corrected chi connectivity index (χ0v) is 13.1. The van der Waals surface area contributed by atoms with Gasteiger partial charge >= 0.3 is 0 Å². The lowest BCUT2D eigenvalue weighted by Gasteiger charge is -2.02. The van der Waals surface area contributed by atoms with Gasteiger partial charge in [0.25, 0.3) is 0 Å². The zero-order chi connectivity index (χ0) is 15.7. The molecule has 2 aromatic rings. The van der Waals surface area contributed by atoms with Crippen LogP contribution in [0.15, 0.2) is 49.6 Å². The third kappa shape index (κ3) is 6.11. The van der Waals surface area contributed by atoms with Gasteiger partial charge in [-0.2, -0.15) is 0 Å². The Kier molecular flexibility index (Phi) is 8.74. The van der Waals surface area contributed by atoms with Gasteiger partial charge < -0.3 is 11.1 Å². The minimum Gasteiger partial charge on any atom is -0.351 e. The summed E-state index contributed by atoms with van der Waals surface area (Å²) in [4.78, 5) is 19.7. The molecule has 0 radical (unpaired) electrons. The van der Waals surface area contributed by atoms with Gasteiger partial charge in [0.05, 0.1) is 22.8 Å². The number of amides is 1. The second-order valence-electron chi connectivity index (χ2n) is 4.37. The first-order valence-electron chi connectivity index (χ1n) is 6.41. The van der Waals surface area contributed by atoms with Crippen LogP contribution in [-0.2, 0) is 4.79 Å². The molecule has 0 spiro atoms. The van der Waals surface area contributed by atoms with E-state index in [0.717, 1.165) is 29.2 Å². The Morgan fingerprint density at radius 2 is 1.27 bits per heavy atom. The van der Waals surface area contributed by atoms with E-state index in [0.29, 0.717) is 0 Å². The molecule has 3 N–H and O–H groups in total. The maximum Gasteiger partial charge on any atom is 0.209 e. The van der Waals surface area contributed by atoms with E-state index in [1.165, 1.54) is 4.90 Å².